The third-order valence-corrected chi connectivity index (χ3v) is 7.02. The third-order valence-electron chi connectivity index (χ3n) is 7.02. The normalized spacial score (nSPS) is 11.4. The van der Waals surface area contributed by atoms with Gasteiger partial charge in [-0.2, -0.15) is 18.4 Å². The van der Waals surface area contributed by atoms with Gasteiger partial charge in [0.1, 0.15) is 28.8 Å². The van der Waals surface area contributed by atoms with Crippen molar-refractivity contribution in [1.29, 1.82) is 5.26 Å². The summed E-state index contributed by atoms with van der Waals surface area (Å²) in [5, 5.41) is 10.2. The van der Waals surface area contributed by atoms with Crippen LogP contribution in [0.5, 0.6) is 11.5 Å². The van der Waals surface area contributed by atoms with E-state index in [0.717, 1.165) is 28.1 Å². The lowest BCUT2D eigenvalue weighted by Gasteiger charge is -2.19. The van der Waals surface area contributed by atoms with Crippen molar-refractivity contribution in [2.24, 2.45) is 0 Å². The minimum absolute atomic E-state index is 0.0167. The fourth-order valence-corrected chi connectivity index (χ4v) is 4.89. The van der Waals surface area contributed by atoms with E-state index >= 15 is 0 Å². The number of nitrogens with zero attached hydrogens (tertiary/aromatic N) is 2. The summed E-state index contributed by atoms with van der Waals surface area (Å²) in [5.41, 5.74) is 0.741. The Bertz CT molecular complexity index is 1950. The van der Waals surface area contributed by atoms with Crippen LogP contribution in [-0.4, -0.2) is 22.1 Å². The van der Waals surface area contributed by atoms with Crippen LogP contribution in [0.1, 0.15) is 45.2 Å². The smallest absolute Gasteiger partial charge is 0.417 e. The number of halogens is 3. The van der Waals surface area contributed by atoms with Crippen molar-refractivity contribution in [2.75, 3.05) is 6.61 Å². The number of nitriles is 1. The zero-order valence-electron chi connectivity index (χ0n) is 23.5. The lowest BCUT2D eigenvalue weighted by Crippen LogP contribution is -2.29. The van der Waals surface area contributed by atoms with Crippen LogP contribution in [0.4, 0.5) is 13.2 Å². The first-order valence-corrected chi connectivity index (χ1v) is 13.4. The molecule has 0 saturated heterocycles. The number of aromatic nitrogens is 2. The summed E-state index contributed by atoms with van der Waals surface area (Å²) in [6.45, 7) is 5.73. The van der Waals surface area contributed by atoms with Gasteiger partial charge in [0.25, 0.3) is 5.56 Å². The Balaban J connectivity index is 1.51. The number of carbonyl (C=O) groups is 1. The van der Waals surface area contributed by atoms with Gasteiger partial charge in [-0.1, -0.05) is 23.8 Å². The number of nitrogens with one attached hydrogen (secondary N) is 1. The molecule has 0 spiro atoms. The molecule has 0 unspecified atom stereocenters. The van der Waals surface area contributed by atoms with Crippen molar-refractivity contribution in [3.8, 4) is 28.8 Å². The third kappa shape index (κ3) is 6.02. The molecular weight excluding hydrogens is 559 g/mol. The van der Waals surface area contributed by atoms with E-state index in [1.54, 1.807) is 55.5 Å². The van der Waals surface area contributed by atoms with Crippen LogP contribution in [0.3, 0.4) is 0 Å². The standard InChI is InChI=1S/C33H26F3N3O4/c1-4-42-32(41)29-15-23-14-25(11-12-28(23)38-29)43-24-9-7-21(8-10-24)30-16-27(33(34,35)36)26(17-37)31(40)39(30)18-22-6-5-19(2)13-20(22)3/h5-16,38H,4,18H2,1-3H3. The minimum Gasteiger partial charge on any atom is -0.461 e. The predicted molar refractivity (Wildman–Crippen MR) is 155 cm³/mol. The number of aromatic amines is 1. The second-order valence-corrected chi connectivity index (χ2v) is 10.0. The Morgan fingerprint density at radius 3 is 2.35 bits per heavy atom. The molecule has 218 valence electrons. The first-order chi connectivity index (χ1) is 20.5. The van der Waals surface area contributed by atoms with Crippen LogP contribution in [0.2, 0.25) is 0 Å². The molecule has 0 aliphatic rings. The second kappa shape index (κ2) is 11.5. The van der Waals surface area contributed by atoms with Gasteiger partial charge in [-0.25, -0.2) is 4.79 Å². The molecule has 5 rings (SSSR count). The number of fused-ring (bicyclic) bond motifs is 1. The number of aryl methyl sites for hydroxylation is 2. The average Bonchev–Trinajstić information content (AvgIpc) is 3.39. The van der Waals surface area contributed by atoms with Gasteiger partial charge in [0.05, 0.1) is 24.4 Å². The number of carbonyl (C=O) groups excluding carboxylic acids is 1. The van der Waals surface area contributed by atoms with Crippen LogP contribution < -0.4 is 10.3 Å². The molecule has 0 fully saturated rings. The number of hydrogen-bond acceptors (Lipinski definition) is 5. The number of esters is 1. The minimum atomic E-state index is -4.90. The molecule has 43 heavy (non-hydrogen) atoms. The van der Waals surface area contributed by atoms with Crippen molar-refractivity contribution < 1.29 is 27.4 Å². The van der Waals surface area contributed by atoms with E-state index in [9.17, 15) is 28.0 Å². The van der Waals surface area contributed by atoms with Crippen LogP contribution in [-0.2, 0) is 17.5 Å². The Morgan fingerprint density at radius 2 is 1.70 bits per heavy atom. The van der Waals surface area contributed by atoms with E-state index in [2.05, 4.69) is 4.98 Å². The molecular formula is C33H26F3N3O4. The summed E-state index contributed by atoms with van der Waals surface area (Å²) in [4.78, 5) is 28.4. The van der Waals surface area contributed by atoms with Crippen LogP contribution in [0, 0.1) is 25.2 Å². The second-order valence-electron chi connectivity index (χ2n) is 10.0. The molecule has 0 amide bonds. The molecule has 0 atom stereocenters. The summed E-state index contributed by atoms with van der Waals surface area (Å²) < 4.78 is 54.0. The highest BCUT2D eigenvalue weighted by atomic mass is 19.4. The van der Waals surface area contributed by atoms with Crippen molar-refractivity contribution in [2.45, 2.75) is 33.5 Å². The summed E-state index contributed by atoms with van der Waals surface area (Å²) >= 11 is 0. The molecule has 7 nitrogen and oxygen atoms in total. The number of ether oxygens (including phenoxy) is 2. The Hall–Kier alpha value is -5.30. The van der Waals surface area contributed by atoms with Crippen LogP contribution in [0.15, 0.2) is 77.6 Å². The van der Waals surface area contributed by atoms with Crippen LogP contribution >= 0.6 is 0 Å². The van der Waals surface area contributed by atoms with E-state index < -0.39 is 28.8 Å². The van der Waals surface area contributed by atoms with Crippen molar-refractivity contribution in [3.63, 3.8) is 0 Å². The van der Waals surface area contributed by atoms with Gasteiger partial charge in [-0.3, -0.25) is 4.79 Å². The summed E-state index contributed by atoms with van der Waals surface area (Å²) in [7, 11) is 0. The SMILES string of the molecule is CCOC(=O)c1cc2cc(Oc3ccc(-c4cc(C(F)(F)F)c(C#N)c(=O)n4Cc4ccc(C)cc4C)cc3)ccc2[nH]1. The Morgan fingerprint density at radius 1 is 0.977 bits per heavy atom. The molecule has 2 heterocycles. The highest BCUT2D eigenvalue weighted by Gasteiger charge is 2.36. The molecule has 10 heteroatoms. The summed E-state index contributed by atoms with van der Waals surface area (Å²) in [6, 6.07) is 21.0. The van der Waals surface area contributed by atoms with Gasteiger partial charge < -0.3 is 19.0 Å². The number of hydrogen-bond donors (Lipinski definition) is 1. The van der Waals surface area contributed by atoms with E-state index in [1.165, 1.54) is 10.6 Å². The molecule has 0 saturated carbocycles. The quantitative estimate of drug-likeness (QED) is 0.199. The maximum atomic E-state index is 13.9. The summed E-state index contributed by atoms with van der Waals surface area (Å²) in [6.07, 6.45) is -4.90. The molecule has 1 N–H and O–H groups in total. The number of benzene rings is 3. The van der Waals surface area contributed by atoms with E-state index in [1.807, 2.05) is 32.0 Å². The first-order valence-electron chi connectivity index (χ1n) is 13.4. The monoisotopic (exact) mass is 585 g/mol. The Kier molecular flexibility index (Phi) is 7.83. The topological polar surface area (TPSA) is 97.1 Å². The molecule has 3 aromatic carbocycles. The fourth-order valence-electron chi connectivity index (χ4n) is 4.89. The number of pyridine rings is 1. The first kappa shape index (κ1) is 29.2. The number of rotatable bonds is 7. The van der Waals surface area contributed by atoms with Crippen molar-refractivity contribution in [1.82, 2.24) is 9.55 Å². The maximum absolute atomic E-state index is 13.9. The molecule has 2 aromatic heterocycles. The number of H-pyrrole nitrogens is 1. The lowest BCUT2D eigenvalue weighted by atomic mass is 10.0. The Labute approximate surface area is 244 Å². The largest absolute Gasteiger partial charge is 0.461 e. The van der Waals surface area contributed by atoms with Gasteiger partial charge in [0.2, 0.25) is 0 Å². The fraction of sp³-hybridized carbons (Fsp3) is 0.182. The molecule has 0 aliphatic carbocycles. The lowest BCUT2D eigenvalue weighted by molar-refractivity contribution is -0.137. The average molecular weight is 586 g/mol. The van der Waals surface area contributed by atoms with Crippen LogP contribution in [0.25, 0.3) is 22.2 Å². The molecule has 0 aliphatic heterocycles. The summed E-state index contributed by atoms with van der Waals surface area (Å²) in [5.74, 6) is 0.403. The predicted octanol–water partition coefficient (Wildman–Crippen LogP) is 7.52. The molecule has 0 radical (unpaired) electrons. The van der Waals surface area contributed by atoms with Gasteiger partial charge in [-0.15, -0.1) is 0 Å². The van der Waals surface area contributed by atoms with Gasteiger partial charge in [0.15, 0.2) is 0 Å². The van der Waals surface area contributed by atoms with E-state index in [0.29, 0.717) is 28.3 Å². The molecule has 0 bridgehead atoms. The van der Waals surface area contributed by atoms with Crippen molar-refractivity contribution in [3.05, 3.63) is 117 Å². The highest BCUT2D eigenvalue weighted by Crippen LogP contribution is 2.35. The van der Waals surface area contributed by atoms with E-state index in [4.69, 9.17) is 9.47 Å². The van der Waals surface area contributed by atoms with Gasteiger partial charge in [-0.05, 0) is 92.1 Å². The zero-order chi connectivity index (χ0) is 30.9. The van der Waals surface area contributed by atoms with Gasteiger partial charge >= 0.3 is 12.1 Å². The highest BCUT2D eigenvalue weighted by molar-refractivity contribution is 5.95. The molecule has 5 aromatic rings. The van der Waals surface area contributed by atoms with Crippen molar-refractivity contribution >= 4 is 16.9 Å². The number of alkyl halides is 3. The zero-order valence-corrected chi connectivity index (χ0v) is 23.5. The maximum Gasteiger partial charge on any atom is 0.417 e. The van der Waals surface area contributed by atoms with Gasteiger partial charge in [0, 0.05) is 10.9 Å². The van der Waals surface area contributed by atoms with E-state index in [-0.39, 0.29) is 18.8 Å².